The number of nitrogens with one attached hydrogen (secondary N) is 1. The van der Waals surface area contributed by atoms with Crippen molar-refractivity contribution in [2.45, 2.75) is 51.7 Å². The number of nitrogens with two attached hydrogens (primary N) is 1. The Balaban J connectivity index is 1.89. The molecule has 1 aromatic heterocycles. The Hall–Kier alpha value is -2.59. The number of nitrogens with zero attached hydrogens (tertiary/aromatic N) is 3. The zero-order chi connectivity index (χ0) is 21.1. The molecule has 0 spiro atoms. The number of amides is 2. The average Bonchev–Trinajstić information content (AvgIpc) is 2.59. The molecule has 0 unspecified atom stereocenters. The van der Waals surface area contributed by atoms with Crippen molar-refractivity contribution >= 4 is 17.8 Å². The van der Waals surface area contributed by atoms with E-state index < -0.39 is 24.1 Å². The molecule has 2 rings (SSSR count). The number of alkyl halides is 3. The molecule has 1 aliphatic rings. The summed E-state index contributed by atoms with van der Waals surface area (Å²) in [5.74, 6) is -1.37. The fourth-order valence-corrected chi connectivity index (χ4v) is 3.37. The fourth-order valence-electron chi connectivity index (χ4n) is 3.37. The summed E-state index contributed by atoms with van der Waals surface area (Å²) in [6.45, 7) is 4.00. The van der Waals surface area contributed by atoms with Crippen molar-refractivity contribution in [3.8, 4) is 0 Å². The van der Waals surface area contributed by atoms with Crippen LogP contribution in [0.5, 0.6) is 0 Å². The van der Waals surface area contributed by atoms with Gasteiger partial charge in [0.25, 0.3) is 0 Å². The van der Waals surface area contributed by atoms with E-state index >= 15 is 0 Å². The maximum Gasteiger partial charge on any atom is 0.451 e. The van der Waals surface area contributed by atoms with Gasteiger partial charge in [-0.3, -0.25) is 4.79 Å². The SMILES string of the molecule is Cc1nc(C(F)(F)F)nc(N)c1CCC1CCN(C(=O)[C@H](C)NC(=O)O)CC1. The predicted molar refractivity (Wildman–Crippen MR) is 94.4 cm³/mol. The van der Waals surface area contributed by atoms with Crippen LogP contribution in [-0.4, -0.2) is 51.1 Å². The standard InChI is InChI=1S/C17H24F3N5O3/c1-9-12(13(21)24-15(22-9)17(18,19)20)4-3-11-5-7-25(8-6-11)14(26)10(2)23-16(27)28/h10-11,23H,3-8H2,1-2H3,(H,27,28)(H2,21,22,24)/t10-/m0/s1. The molecule has 0 saturated carbocycles. The summed E-state index contributed by atoms with van der Waals surface area (Å²) in [4.78, 5) is 31.4. The number of anilines is 1. The van der Waals surface area contributed by atoms with Gasteiger partial charge in [-0.05, 0) is 45.4 Å². The quantitative estimate of drug-likeness (QED) is 0.693. The third-order valence-electron chi connectivity index (χ3n) is 4.94. The Morgan fingerprint density at radius 3 is 2.43 bits per heavy atom. The third kappa shape index (κ3) is 5.46. The maximum atomic E-state index is 12.7. The number of aromatic nitrogens is 2. The van der Waals surface area contributed by atoms with Crippen molar-refractivity contribution in [3.05, 3.63) is 17.1 Å². The van der Waals surface area contributed by atoms with Crippen molar-refractivity contribution in [3.63, 3.8) is 0 Å². The normalized spacial score (nSPS) is 16.7. The molecular weight excluding hydrogens is 379 g/mol. The van der Waals surface area contributed by atoms with Crippen molar-refractivity contribution in [2.24, 2.45) is 5.92 Å². The number of nitrogen functional groups attached to an aromatic ring is 1. The van der Waals surface area contributed by atoms with Crippen LogP contribution in [0.2, 0.25) is 0 Å². The molecule has 1 saturated heterocycles. The summed E-state index contributed by atoms with van der Waals surface area (Å²) in [6.07, 6.45) is -3.26. The molecule has 156 valence electrons. The Bertz CT molecular complexity index is 710. The average molecular weight is 403 g/mol. The van der Waals surface area contributed by atoms with Crippen LogP contribution in [0.15, 0.2) is 0 Å². The topological polar surface area (TPSA) is 121 Å². The van der Waals surface area contributed by atoms with Gasteiger partial charge in [0, 0.05) is 24.3 Å². The van der Waals surface area contributed by atoms with Crippen LogP contribution in [-0.2, 0) is 17.4 Å². The lowest BCUT2D eigenvalue weighted by Crippen LogP contribution is -2.49. The summed E-state index contributed by atoms with van der Waals surface area (Å²) in [6, 6.07) is -0.805. The van der Waals surface area contributed by atoms with Gasteiger partial charge in [0.1, 0.15) is 11.9 Å². The number of hydrogen-bond donors (Lipinski definition) is 3. The van der Waals surface area contributed by atoms with Crippen LogP contribution in [0.4, 0.5) is 23.8 Å². The Morgan fingerprint density at radius 1 is 1.32 bits per heavy atom. The zero-order valence-electron chi connectivity index (χ0n) is 15.7. The van der Waals surface area contributed by atoms with Crippen LogP contribution < -0.4 is 11.1 Å². The summed E-state index contributed by atoms with van der Waals surface area (Å²) in [5, 5.41) is 10.8. The van der Waals surface area contributed by atoms with E-state index in [2.05, 4.69) is 15.3 Å². The van der Waals surface area contributed by atoms with Gasteiger partial charge in [-0.15, -0.1) is 0 Å². The van der Waals surface area contributed by atoms with Crippen LogP contribution in [0.25, 0.3) is 0 Å². The van der Waals surface area contributed by atoms with Crippen molar-refractivity contribution in [1.29, 1.82) is 0 Å². The second-order valence-electron chi connectivity index (χ2n) is 6.97. The monoisotopic (exact) mass is 403 g/mol. The van der Waals surface area contributed by atoms with E-state index in [1.165, 1.54) is 13.8 Å². The van der Waals surface area contributed by atoms with Gasteiger partial charge in [-0.25, -0.2) is 14.8 Å². The molecular formula is C17H24F3N5O3. The van der Waals surface area contributed by atoms with E-state index in [1.807, 2.05) is 0 Å². The molecule has 1 atom stereocenters. The van der Waals surface area contributed by atoms with Gasteiger partial charge in [0.05, 0.1) is 0 Å². The van der Waals surface area contributed by atoms with E-state index in [1.54, 1.807) is 4.90 Å². The van der Waals surface area contributed by atoms with Crippen LogP contribution in [0.1, 0.15) is 43.3 Å². The van der Waals surface area contributed by atoms with E-state index in [-0.39, 0.29) is 23.3 Å². The van der Waals surface area contributed by atoms with E-state index in [0.29, 0.717) is 31.5 Å². The second kappa shape index (κ2) is 8.61. The molecule has 1 aromatic rings. The first kappa shape index (κ1) is 21.7. The predicted octanol–water partition coefficient (Wildman–Crippen LogP) is 2.21. The van der Waals surface area contributed by atoms with Crippen molar-refractivity contribution < 1.29 is 27.9 Å². The zero-order valence-corrected chi connectivity index (χ0v) is 15.7. The summed E-state index contributed by atoms with van der Waals surface area (Å²) >= 11 is 0. The number of carbonyl (C=O) groups excluding carboxylic acids is 1. The smallest absolute Gasteiger partial charge is 0.451 e. The number of carbonyl (C=O) groups is 2. The fraction of sp³-hybridized carbons (Fsp3) is 0.647. The minimum Gasteiger partial charge on any atom is -0.465 e. The molecule has 28 heavy (non-hydrogen) atoms. The van der Waals surface area contributed by atoms with E-state index in [9.17, 15) is 22.8 Å². The second-order valence-corrected chi connectivity index (χ2v) is 6.97. The van der Waals surface area contributed by atoms with Gasteiger partial charge in [0.2, 0.25) is 11.7 Å². The molecule has 0 radical (unpaired) electrons. The lowest BCUT2D eigenvalue weighted by atomic mass is 9.90. The number of hydrogen-bond acceptors (Lipinski definition) is 5. The molecule has 0 aliphatic carbocycles. The molecule has 0 aromatic carbocycles. The number of likely N-dealkylation sites (tertiary alicyclic amines) is 1. The first-order valence-electron chi connectivity index (χ1n) is 8.97. The highest BCUT2D eigenvalue weighted by Crippen LogP contribution is 2.30. The van der Waals surface area contributed by atoms with Gasteiger partial charge >= 0.3 is 12.3 Å². The highest BCUT2D eigenvalue weighted by molar-refractivity contribution is 5.84. The number of halogens is 3. The molecule has 11 heteroatoms. The van der Waals surface area contributed by atoms with Gasteiger partial charge < -0.3 is 21.1 Å². The van der Waals surface area contributed by atoms with Crippen LogP contribution >= 0.6 is 0 Å². The number of aryl methyl sites for hydroxylation is 1. The van der Waals surface area contributed by atoms with Gasteiger partial charge in [-0.1, -0.05) is 0 Å². The molecule has 1 aliphatic heterocycles. The summed E-state index contributed by atoms with van der Waals surface area (Å²) < 4.78 is 38.2. The molecule has 4 N–H and O–H groups in total. The van der Waals surface area contributed by atoms with Crippen LogP contribution in [0.3, 0.4) is 0 Å². The number of rotatable bonds is 5. The first-order valence-corrected chi connectivity index (χ1v) is 8.97. The van der Waals surface area contributed by atoms with Crippen molar-refractivity contribution in [2.75, 3.05) is 18.8 Å². The number of carboxylic acid groups (broad SMARTS) is 1. The van der Waals surface area contributed by atoms with Gasteiger partial charge in [-0.2, -0.15) is 13.2 Å². The number of piperidine rings is 1. The third-order valence-corrected chi connectivity index (χ3v) is 4.94. The highest BCUT2D eigenvalue weighted by Gasteiger charge is 2.35. The molecule has 1 fully saturated rings. The lowest BCUT2D eigenvalue weighted by molar-refractivity contribution is -0.145. The minimum atomic E-state index is -4.64. The Labute approximate surface area is 160 Å². The van der Waals surface area contributed by atoms with Crippen LogP contribution in [0, 0.1) is 12.8 Å². The molecule has 2 amide bonds. The Kier molecular flexibility index (Phi) is 6.68. The lowest BCUT2D eigenvalue weighted by Gasteiger charge is -2.33. The summed E-state index contributed by atoms with van der Waals surface area (Å²) in [7, 11) is 0. The minimum absolute atomic E-state index is 0.152. The maximum absolute atomic E-state index is 12.7. The largest absolute Gasteiger partial charge is 0.465 e. The van der Waals surface area contributed by atoms with Gasteiger partial charge in [0.15, 0.2) is 0 Å². The highest BCUT2D eigenvalue weighted by atomic mass is 19.4. The van der Waals surface area contributed by atoms with E-state index in [4.69, 9.17) is 10.8 Å². The molecule has 8 nitrogen and oxygen atoms in total. The molecule has 0 bridgehead atoms. The first-order chi connectivity index (χ1) is 13.0. The van der Waals surface area contributed by atoms with E-state index in [0.717, 1.165) is 12.8 Å². The summed E-state index contributed by atoms with van der Waals surface area (Å²) in [5.41, 5.74) is 6.45. The molecule has 2 heterocycles. The van der Waals surface area contributed by atoms with Crippen molar-refractivity contribution in [1.82, 2.24) is 20.2 Å². The Morgan fingerprint density at radius 2 is 1.93 bits per heavy atom.